The number of hydrogen-bond donors (Lipinski definition) is 1. The van der Waals surface area contributed by atoms with Crippen molar-refractivity contribution in [3.05, 3.63) is 52.6 Å². The standard InChI is InChI=1S/C15H19FN2/c1-10-5-6-14(16)15(7-10)17-9-13-8-11(2)18(4)12(13)3/h5-8,17H,9H2,1-4H3. The summed E-state index contributed by atoms with van der Waals surface area (Å²) in [6.07, 6.45) is 0. The van der Waals surface area contributed by atoms with Crippen LogP contribution in [0.15, 0.2) is 24.3 Å². The minimum absolute atomic E-state index is 0.203. The Morgan fingerprint density at radius 3 is 2.50 bits per heavy atom. The van der Waals surface area contributed by atoms with Crippen molar-refractivity contribution in [2.24, 2.45) is 7.05 Å². The molecule has 96 valence electrons. The third-order valence-electron chi connectivity index (χ3n) is 3.47. The molecule has 0 saturated heterocycles. The molecule has 2 nitrogen and oxygen atoms in total. The number of nitrogens with zero attached hydrogens (tertiary/aromatic N) is 1. The molecule has 0 atom stereocenters. The Hall–Kier alpha value is -1.77. The molecule has 0 aliphatic carbocycles. The molecule has 0 fully saturated rings. The van der Waals surface area contributed by atoms with Crippen molar-refractivity contribution in [2.75, 3.05) is 5.32 Å². The summed E-state index contributed by atoms with van der Waals surface area (Å²) >= 11 is 0. The van der Waals surface area contributed by atoms with Crippen LogP contribution in [-0.4, -0.2) is 4.57 Å². The summed E-state index contributed by atoms with van der Waals surface area (Å²) in [5, 5.41) is 3.16. The van der Waals surface area contributed by atoms with E-state index in [1.54, 1.807) is 6.07 Å². The van der Waals surface area contributed by atoms with E-state index in [1.165, 1.54) is 23.0 Å². The molecular weight excluding hydrogens is 227 g/mol. The van der Waals surface area contributed by atoms with Gasteiger partial charge in [-0.25, -0.2) is 4.39 Å². The van der Waals surface area contributed by atoms with Crippen LogP contribution in [0.1, 0.15) is 22.5 Å². The summed E-state index contributed by atoms with van der Waals surface area (Å²) in [5.41, 5.74) is 5.26. The number of anilines is 1. The Balaban J connectivity index is 2.16. The predicted molar refractivity (Wildman–Crippen MR) is 73.4 cm³/mol. The van der Waals surface area contributed by atoms with E-state index in [2.05, 4.69) is 29.8 Å². The highest BCUT2D eigenvalue weighted by atomic mass is 19.1. The maximum Gasteiger partial charge on any atom is 0.146 e. The first-order chi connectivity index (χ1) is 8.49. The van der Waals surface area contributed by atoms with Gasteiger partial charge in [-0.1, -0.05) is 6.07 Å². The molecule has 0 amide bonds. The van der Waals surface area contributed by atoms with Crippen molar-refractivity contribution < 1.29 is 4.39 Å². The quantitative estimate of drug-likeness (QED) is 0.873. The zero-order chi connectivity index (χ0) is 13.3. The first kappa shape index (κ1) is 12.7. The van der Waals surface area contributed by atoms with Gasteiger partial charge in [0.05, 0.1) is 5.69 Å². The number of benzene rings is 1. The van der Waals surface area contributed by atoms with Gasteiger partial charge < -0.3 is 9.88 Å². The highest BCUT2D eigenvalue weighted by molar-refractivity contribution is 5.48. The second kappa shape index (κ2) is 4.84. The highest BCUT2D eigenvalue weighted by Crippen LogP contribution is 2.19. The lowest BCUT2D eigenvalue weighted by Gasteiger charge is -2.08. The molecule has 0 radical (unpaired) electrons. The van der Waals surface area contributed by atoms with Gasteiger partial charge in [0.1, 0.15) is 5.82 Å². The van der Waals surface area contributed by atoms with E-state index in [9.17, 15) is 4.39 Å². The summed E-state index contributed by atoms with van der Waals surface area (Å²) < 4.78 is 15.7. The first-order valence-electron chi connectivity index (χ1n) is 6.11. The van der Waals surface area contributed by atoms with Gasteiger partial charge in [0, 0.05) is 25.0 Å². The van der Waals surface area contributed by atoms with E-state index < -0.39 is 0 Å². The molecule has 0 aliphatic rings. The Labute approximate surface area is 107 Å². The normalized spacial score (nSPS) is 10.7. The second-order valence-corrected chi connectivity index (χ2v) is 4.79. The van der Waals surface area contributed by atoms with Gasteiger partial charge in [-0.2, -0.15) is 0 Å². The largest absolute Gasteiger partial charge is 0.379 e. The average molecular weight is 246 g/mol. The van der Waals surface area contributed by atoms with Crippen LogP contribution in [-0.2, 0) is 13.6 Å². The van der Waals surface area contributed by atoms with Crippen molar-refractivity contribution in [1.29, 1.82) is 0 Å². The third kappa shape index (κ3) is 2.40. The molecule has 2 rings (SSSR count). The van der Waals surface area contributed by atoms with Gasteiger partial charge in [0.2, 0.25) is 0 Å². The van der Waals surface area contributed by atoms with Crippen LogP contribution in [0.2, 0.25) is 0 Å². The molecule has 0 spiro atoms. The van der Waals surface area contributed by atoms with E-state index >= 15 is 0 Å². The topological polar surface area (TPSA) is 17.0 Å². The lowest BCUT2D eigenvalue weighted by atomic mass is 10.2. The van der Waals surface area contributed by atoms with Gasteiger partial charge in [-0.05, 0) is 50.1 Å². The molecule has 3 heteroatoms. The zero-order valence-electron chi connectivity index (χ0n) is 11.3. The Kier molecular flexibility index (Phi) is 3.41. The first-order valence-corrected chi connectivity index (χ1v) is 6.11. The molecule has 1 N–H and O–H groups in total. The van der Waals surface area contributed by atoms with Crippen LogP contribution < -0.4 is 5.32 Å². The summed E-state index contributed by atoms with van der Waals surface area (Å²) in [5.74, 6) is -0.203. The van der Waals surface area contributed by atoms with Crippen LogP contribution in [0.4, 0.5) is 10.1 Å². The Morgan fingerprint density at radius 1 is 1.17 bits per heavy atom. The molecule has 0 aliphatic heterocycles. The molecule has 1 heterocycles. The lowest BCUT2D eigenvalue weighted by molar-refractivity contribution is 0.629. The van der Waals surface area contributed by atoms with Gasteiger partial charge in [0.25, 0.3) is 0 Å². The number of aryl methyl sites for hydroxylation is 2. The SMILES string of the molecule is Cc1ccc(F)c(NCc2cc(C)n(C)c2C)c1. The van der Waals surface area contributed by atoms with Crippen LogP contribution in [0.25, 0.3) is 0 Å². The molecule has 0 bridgehead atoms. The minimum atomic E-state index is -0.203. The molecule has 1 aromatic carbocycles. The van der Waals surface area contributed by atoms with Gasteiger partial charge in [0.15, 0.2) is 0 Å². The number of nitrogens with one attached hydrogen (secondary N) is 1. The van der Waals surface area contributed by atoms with Gasteiger partial charge in [-0.15, -0.1) is 0 Å². The number of halogens is 1. The Bertz CT molecular complexity index is 570. The maximum atomic E-state index is 13.6. The maximum absolute atomic E-state index is 13.6. The lowest BCUT2D eigenvalue weighted by Crippen LogP contribution is -2.03. The fourth-order valence-corrected chi connectivity index (χ4v) is 2.08. The van der Waals surface area contributed by atoms with Crippen LogP contribution >= 0.6 is 0 Å². The van der Waals surface area contributed by atoms with Gasteiger partial charge in [-0.3, -0.25) is 0 Å². The van der Waals surface area contributed by atoms with Crippen LogP contribution in [0.3, 0.4) is 0 Å². The van der Waals surface area contributed by atoms with Crippen molar-refractivity contribution >= 4 is 5.69 Å². The number of aromatic nitrogens is 1. The van der Waals surface area contributed by atoms with Crippen molar-refractivity contribution in [3.63, 3.8) is 0 Å². The van der Waals surface area contributed by atoms with Crippen LogP contribution in [0.5, 0.6) is 0 Å². The Morgan fingerprint density at radius 2 is 1.89 bits per heavy atom. The van der Waals surface area contributed by atoms with E-state index in [0.29, 0.717) is 12.2 Å². The van der Waals surface area contributed by atoms with E-state index in [4.69, 9.17) is 0 Å². The molecule has 2 aromatic rings. The molecule has 0 unspecified atom stereocenters. The summed E-state index contributed by atoms with van der Waals surface area (Å²) in [4.78, 5) is 0. The monoisotopic (exact) mass is 246 g/mol. The van der Waals surface area contributed by atoms with Crippen molar-refractivity contribution in [2.45, 2.75) is 27.3 Å². The second-order valence-electron chi connectivity index (χ2n) is 4.79. The van der Waals surface area contributed by atoms with Crippen LogP contribution in [0, 0.1) is 26.6 Å². The predicted octanol–water partition coefficient (Wildman–Crippen LogP) is 3.70. The summed E-state index contributed by atoms with van der Waals surface area (Å²) in [6, 6.07) is 7.25. The van der Waals surface area contributed by atoms with Crippen molar-refractivity contribution in [3.8, 4) is 0 Å². The third-order valence-corrected chi connectivity index (χ3v) is 3.47. The van der Waals surface area contributed by atoms with E-state index in [0.717, 1.165) is 5.56 Å². The smallest absolute Gasteiger partial charge is 0.146 e. The number of hydrogen-bond acceptors (Lipinski definition) is 1. The fraction of sp³-hybridized carbons (Fsp3) is 0.333. The minimum Gasteiger partial charge on any atom is -0.379 e. The van der Waals surface area contributed by atoms with Crippen molar-refractivity contribution in [1.82, 2.24) is 4.57 Å². The van der Waals surface area contributed by atoms with E-state index in [1.807, 2.05) is 20.0 Å². The molecule has 1 aromatic heterocycles. The van der Waals surface area contributed by atoms with Gasteiger partial charge >= 0.3 is 0 Å². The summed E-state index contributed by atoms with van der Waals surface area (Å²) in [7, 11) is 2.04. The molecule has 0 saturated carbocycles. The fourth-order valence-electron chi connectivity index (χ4n) is 2.08. The molecular formula is C15H19FN2. The molecule has 18 heavy (non-hydrogen) atoms. The van der Waals surface area contributed by atoms with E-state index in [-0.39, 0.29) is 5.82 Å². The summed E-state index contributed by atoms with van der Waals surface area (Å²) in [6.45, 7) is 6.76. The number of rotatable bonds is 3. The average Bonchev–Trinajstić information content (AvgIpc) is 2.58. The zero-order valence-corrected chi connectivity index (χ0v) is 11.3. The highest BCUT2D eigenvalue weighted by Gasteiger charge is 2.07.